The molecule has 38 heavy (non-hydrogen) atoms. The van der Waals surface area contributed by atoms with Crippen LogP contribution >= 0.6 is 0 Å². The molecule has 1 aromatic heterocycles. The van der Waals surface area contributed by atoms with Crippen LogP contribution in [-0.2, 0) is 26.3 Å². The van der Waals surface area contributed by atoms with Crippen molar-refractivity contribution < 1.29 is 19.2 Å². The van der Waals surface area contributed by atoms with Gasteiger partial charge < -0.3 is 10.3 Å². The summed E-state index contributed by atoms with van der Waals surface area (Å²) in [7, 11) is 0. The highest BCUT2D eigenvalue weighted by Gasteiger charge is 2.70. The zero-order valence-electron chi connectivity index (χ0n) is 20.5. The number of amides is 3. The molecule has 4 heterocycles. The summed E-state index contributed by atoms with van der Waals surface area (Å²) in [6.45, 7) is 1.46. The third kappa shape index (κ3) is 2.95. The number of nitrogens with zero attached hydrogens (tertiary/aromatic N) is 1. The second-order valence-electron chi connectivity index (χ2n) is 10.2. The lowest BCUT2D eigenvalue weighted by molar-refractivity contribution is -0.130. The lowest BCUT2D eigenvalue weighted by Crippen LogP contribution is -2.53. The first-order chi connectivity index (χ1) is 18.4. The first-order valence-corrected chi connectivity index (χ1v) is 12.6. The SMILES string of the molecule is CC(=O)c1ccc(N2C(=O)[C@H]3[C@H](Cc4c[nH]c5ccccc45)N[C@@]4(C(=O)Nc5ccccc54)[C@@H]3C2=O)cc1. The molecule has 1 spiro atoms. The largest absolute Gasteiger partial charge is 0.361 e. The van der Waals surface area contributed by atoms with Crippen LogP contribution in [0.25, 0.3) is 10.9 Å². The third-order valence-electron chi connectivity index (χ3n) is 8.27. The van der Waals surface area contributed by atoms with Gasteiger partial charge in [-0.3, -0.25) is 24.5 Å². The molecule has 3 N–H and O–H groups in total. The summed E-state index contributed by atoms with van der Waals surface area (Å²) in [5, 5.41) is 7.47. The Balaban J connectivity index is 1.35. The maximum atomic E-state index is 14.1. The number of aromatic amines is 1. The maximum absolute atomic E-state index is 14.1. The highest BCUT2D eigenvalue weighted by molar-refractivity contribution is 6.26. The number of para-hydroxylation sites is 2. The van der Waals surface area contributed by atoms with Crippen LogP contribution < -0.4 is 15.5 Å². The van der Waals surface area contributed by atoms with Gasteiger partial charge >= 0.3 is 0 Å². The van der Waals surface area contributed by atoms with Crippen molar-refractivity contribution in [2.24, 2.45) is 11.8 Å². The maximum Gasteiger partial charge on any atom is 0.250 e. The van der Waals surface area contributed by atoms with E-state index in [9.17, 15) is 19.2 Å². The molecule has 3 aliphatic heterocycles. The molecule has 3 aromatic carbocycles. The summed E-state index contributed by atoms with van der Waals surface area (Å²) in [4.78, 5) is 58.1. The standard InChI is InChI=1S/C30H24N4O4/c1-16(35)17-10-12-19(13-11-17)34-27(36)25-24(14-18-15-31-22-8-4-2-6-20(18)22)33-30(26(25)28(34)37)21-7-3-5-9-23(21)32-29(30)38/h2-13,15,24-26,31,33H,14H2,1H3,(H,32,38)/t24-,25-,26-,30+/m0/s1. The van der Waals surface area contributed by atoms with Crippen molar-refractivity contribution in [1.29, 1.82) is 0 Å². The summed E-state index contributed by atoms with van der Waals surface area (Å²) in [6.07, 6.45) is 2.38. The van der Waals surface area contributed by atoms with Gasteiger partial charge in [-0.2, -0.15) is 0 Å². The Kier molecular flexibility index (Phi) is 4.74. The van der Waals surface area contributed by atoms with Crippen molar-refractivity contribution in [3.63, 3.8) is 0 Å². The van der Waals surface area contributed by atoms with Gasteiger partial charge in [0.2, 0.25) is 17.7 Å². The molecular weight excluding hydrogens is 480 g/mol. The molecule has 188 valence electrons. The van der Waals surface area contributed by atoms with Gasteiger partial charge in [-0.25, -0.2) is 4.90 Å². The van der Waals surface area contributed by atoms with Crippen molar-refractivity contribution >= 4 is 45.8 Å². The molecule has 3 amide bonds. The van der Waals surface area contributed by atoms with Gasteiger partial charge in [0.05, 0.1) is 17.5 Å². The zero-order valence-corrected chi connectivity index (χ0v) is 20.5. The predicted octanol–water partition coefficient (Wildman–Crippen LogP) is 3.54. The van der Waals surface area contributed by atoms with E-state index in [1.54, 1.807) is 24.3 Å². The second-order valence-corrected chi connectivity index (χ2v) is 10.2. The third-order valence-corrected chi connectivity index (χ3v) is 8.27. The first kappa shape index (κ1) is 22.6. The number of fused-ring (bicyclic) bond motifs is 5. The highest BCUT2D eigenvalue weighted by atomic mass is 16.2. The number of imide groups is 1. The molecule has 4 aromatic rings. The molecule has 4 atom stereocenters. The second kappa shape index (κ2) is 7.97. The Morgan fingerprint density at radius 3 is 2.45 bits per heavy atom. The van der Waals surface area contributed by atoms with E-state index in [1.165, 1.54) is 11.8 Å². The molecule has 0 aliphatic carbocycles. The predicted molar refractivity (Wildman–Crippen MR) is 142 cm³/mol. The Labute approximate surface area is 218 Å². The van der Waals surface area contributed by atoms with Crippen LogP contribution in [-0.4, -0.2) is 34.5 Å². The van der Waals surface area contributed by atoms with Crippen molar-refractivity contribution in [2.75, 3.05) is 10.2 Å². The van der Waals surface area contributed by atoms with Gasteiger partial charge in [0.1, 0.15) is 5.54 Å². The van der Waals surface area contributed by atoms with Crippen molar-refractivity contribution in [3.05, 3.63) is 95.7 Å². The number of anilines is 2. The lowest BCUT2D eigenvalue weighted by atomic mass is 9.76. The van der Waals surface area contributed by atoms with Crippen LogP contribution in [0.5, 0.6) is 0 Å². The van der Waals surface area contributed by atoms with E-state index in [4.69, 9.17) is 0 Å². The molecule has 7 rings (SSSR count). The number of ketones is 1. The summed E-state index contributed by atoms with van der Waals surface area (Å²) >= 11 is 0. The molecule has 2 fully saturated rings. The fourth-order valence-corrected chi connectivity index (χ4v) is 6.57. The number of aromatic nitrogens is 1. The normalized spacial score (nSPS) is 25.8. The summed E-state index contributed by atoms with van der Waals surface area (Å²) in [5.74, 6) is -2.86. The summed E-state index contributed by atoms with van der Waals surface area (Å²) in [6, 6.07) is 21.2. The van der Waals surface area contributed by atoms with Gasteiger partial charge in [0.25, 0.3) is 0 Å². The van der Waals surface area contributed by atoms with Crippen molar-refractivity contribution in [1.82, 2.24) is 10.3 Å². The Morgan fingerprint density at radius 1 is 0.921 bits per heavy atom. The quantitative estimate of drug-likeness (QED) is 0.291. The highest BCUT2D eigenvalue weighted by Crippen LogP contribution is 2.54. The van der Waals surface area contributed by atoms with Gasteiger partial charge in [0.15, 0.2) is 5.78 Å². The molecule has 0 unspecified atom stereocenters. The smallest absolute Gasteiger partial charge is 0.250 e. The van der Waals surface area contributed by atoms with Crippen molar-refractivity contribution in [2.45, 2.75) is 24.9 Å². The number of nitrogens with one attached hydrogen (secondary N) is 3. The zero-order chi connectivity index (χ0) is 26.2. The molecule has 0 radical (unpaired) electrons. The van der Waals surface area contributed by atoms with Gasteiger partial charge in [0, 0.05) is 40.0 Å². The molecule has 8 nitrogen and oxygen atoms in total. The lowest BCUT2D eigenvalue weighted by Gasteiger charge is -2.29. The molecule has 0 saturated carbocycles. The number of carbonyl (C=O) groups is 4. The van der Waals surface area contributed by atoms with E-state index in [1.807, 2.05) is 54.7 Å². The van der Waals surface area contributed by atoms with E-state index in [-0.39, 0.29) is 17.6 Å². The monoisotopic (exact) mass is 504 g/mol. The number of Topliss-reactive ketones (excluding diaryl/α,β-unsaturated/α-hetero) is 1. The molecule has 2 saturated heterocycles. The molecule has 3 aliphatic rings. The fraction of sp³-hybridized carbons (Fsp3) is 0.200. The van der Waals surface area contributed by atoms with Gasteiger partial charge in [-0.05, 0) is 55.3 Å². The fourth-order valence-electron chi connectivity index (χ4n) is 6.57. The van der Waals surface area contributed by atoms with Crippen molar-refractivity contribution in [3.8, 4) is 0 Å². The number of hydrogen-bond acceptors (Lipinski definition) is 5. The van der Waals surface area contributed by atoms with Gasteiger partial charge in [-0.1, -0.05) is 36.4 Å². The Hall–Kier alpha value is -4.56. The van der Waals surface area contributed by atoms with Crippen LogP contribution in [0.4, 0.5) is 11.4 Å². The van der Waals surface area contributed by atoms with E-state index in [0.29, 0.717) is 28.9 Å². The minimum atomic E-state index is -1.36. The van der Waals surface area contributed by atoms with Crippen LogP contribution in [0.1, 0.15) is 28.4 Å². The van der Waals surface area contributed by atoms with E-state index in [2.05, 4.69) is 15.6 Å². The Morgan fingerprint density at radius 2 is 1.66 bits per heavy atom. The van der Waals surface area contributed by atoms with Crippen LogP contribution in [0, 0.1) is 11.8 Å². The molecular formula is C30H24N4O4. The van der Waals surface area contributed by atoms with Crippen LogP contribution in [0.15, 0.2) is 79.0 Å². The average molecular weight is 505 g/mol. The minimum Gasteiger partial charge on any atom is -0.361 e. The number of rotatable bonds is 4. The summed E-state index contributed by atoms with van der Waals surface area (Å²) in [5.41, 5.74) is 2.83. The van der Waals surface area contributed by atoms with E-state index in [0.717, 1.165) is 16.5 Å². The minimum absolute atomic E-state index is 0.103. The number of hydrogen-bond donors (Lipinski definition) is 3. The van der Waals surface area contributed by atoms with Gasteiger partial charge in [-0.15, -0.1) is 0 Å². The van der Waals surface area contributed by atoms with E-state index < -0.39 is 29.3 Å². The topological polar surface area (TPSA) is 111 Å². The molecule has 0 bridgehead atoms. The number of H-pyrrole nitrogens is 1. The number of benzene rings is 3. The Bertz CT molecular complexity index is 1670. The summed E-state index contributed by atoms with van der Waals surface area (Å²) < 4.78 is 0. The first-order valence-electron chi connectivity index (χ1n) is 12.6. The average Bonchev–Trinajstić information content (AvgIpc) is 3.63. The van der Waals surface area contributed by atoms with Crippen LogP contribution in [0.2, 0.25) is 0 Å². The van der Waals surface area contributed by atoms with E-state index >= 15 is 0 Å². The molecule has 8 heteroatoms. The van der Waals surface area contributed by atoms with Crippen LogP contribution in [0.3, 0.4) is 0 Å². The number of carbonyl (C=O) groups excluding carboxylic acids is 4.